The molecule has 94 valence electrons. The van der Waals surface area contributed by atoms with Crippen molar-refractivity contribution in [3.63, 3.8) is 0 Å². The number of carbonyl (C=O) groups is 1. The average Bonchev–Trinajstić information content (AvgIpc) is 2.82. The first-order chi connectivity index (χ1) is 8.61. The molecule has 18 heavy (non-hydrogen) atoms. The third-order valence-corrected chi connectivity index (χ3v) is 3.08. The lowest BCUT2D eigenvalue weighted by molar-refractivity contribution is 0.0937. The quantitative estimate of drug-likeness (QED) is 0.884. The van der Waals surface area contributed by atoms with Crippen LogP contribution >= 0.6 is 0 Å². The van der Waals surface area contributed by atoms with Crippen molar-refractivity contribution in [2.24, 2.45) is 5.92 Å². The molecule has 0 saturated heterocycles. The summed E-state index contributed by atoms with van der Waals surface area (Å²) in [5.41, 5.74) is 2.77. The predicted octanol–water partition coefficient (Wildman–Crippen LogP) is 1.99. The zero-order chi connectivity index (χ0) is 13.1. The lowest BCUT2D eigenvalue weighted by atomic mass is 10.0. The Morgan fingerprint density at radius 2 is 2.11 bits per heavy atom. The predicted molar refractivity (Wildman–Crippen MR) is 66.6 cm³/mol. The third-order valence-electron chi connectivity index (χ3n) is 3.08. The number of carbonyl (C=O) groups excluding carboxylic acids is 1. The average molecular weight is 244 g/mol. The van der Waals surface area contributed by atoms with Crippen LogP contribution in [0.2, 0.25) is 0 Å². The summed E-state index contributed by atoms with van der Waals surface area (Å²) < 4.78 is 5.31. The smallest absolute Gasteiger partial charge is 0.252 e. The zero-order valence-electron chi connectivity index (χ0n) is 10.6. The summed E-state index contributed by atoms with van der Waals surface area (Å²) in [5.74, 6) is -0.110. The number of hydrogen-bond acceptors (Lipinski definition) is 3. The molecular formula is C14H16N2O2. The number of fused-ring (bicyclic) bond motifs is 1. The molecular weight excluding hydrogens is 228 g/mol. The largest absolute Gasteiger partial charge is 0.372 e. The van der Waals surface area contributed by atoms with Gasteiger partial charge in [0.15, 0.2) is 0 Å². The number of nitrogens with zero attached hydrogens (tertiary/aromatic N) is 1. The SMILES string of the molecule is CC(C)C(C#N)NC(=O)c1ccc2c(c1)COC2. The minimum Gasteiger partial charge on any atom is -0.372 e. The van der Waals surface area contributed by atoms with Crippen molar-refractivity contribution >= 4 is 5.91 Å². The molecule has 1 aromatic carbocycles. The molecule has 1 aliphatic rings. The molecule has 4 heteroatoms. The fourth-order valence-electron chi connectivity index (χ4n) is 1.89. The fourth-order valence-corrected chi connectivity index (χ4v) is 1.89. The Hall–Kier alpha value is -1.86. The van der Waals surface area contributed by atoms with Crippen LogP contribution in [0.4, 0.5) is 0 Å². The van der Waals surface area contributed by atoms with Gasteiger partial charge in [-0.1, -0.05) is 19.9 Å². The maximum Gasteiger partial charge on any atom is 0.252 e. The summed E-state index contributed by atoms with van der Waals surface area (Å²) in [6.07, 6.45) is 0. The van der Waals surface area contributed by atoms with Crippen LogP contribution in [-0.2, 0) is 18.0 Å². The maximum absolute atomic E-state index is 12.0. The van der Waals surface area contributed by atoms with E-state index in [0.29, 0.717) is 18.8 Å². The summed E-state index contributed by atoms with van der Waals surface area (Å²) in [5, 5.41) is 11.7. The molecule has 4 nitrogen and oxygen atoms in total. The monoisotopic (exact) mass is 244 g/mol. The van der Waals surface area contributed by atoms with E-state index < -0.39 is 6.04 Å². The van der Waals surface area contributed by atoms with Crippen LogP contribution in [-0.4, -0.2) is 11.9 Å². The molecule has 1 aromatic rings. The lowest BCUT2D eigenvalue weighted by Crippen LogP contribution is -2.37. The van der Waals surface area contributed by atoms with Gasteiger partial charge in [0.25, 0.3) is 5.91 Å². The van der Waals surface area contributed by atoms with Gasteiger partial charge in [0, 0.05) is 5.56 Å². The van der Waals surface area contributed by atoms with E-state index in [4.69, 9.17) is 10.00 Å². The van der Waals surface area contributed by atoms with Crippen molar-refractivity contribution in [2.45, 2.75) is 33.1 Å². The third kappa shape index (κ3) is 2.52. The van der Waals surface area contributed by atoms with Gasteiger partial charge in [0.1, 0.15) is 6.04 Å². The topological polar surface area (TPSA) is 62.1 Å². The van der Waals surface area contributed by atoms with Crippen molar-refractivity contribution in [2.75, 3.05) is 0 Å². The highest BCUT2D eigenvalue weighted by molar-refractivity contribution is 5.94. The maximum atomic E-state index is 12.0. The van der Waals surface area contributed by atoms with E-state index in [9.17, 15) is 4.79 Å². The van der Waals surface area contributed by atoms with Crippen LogP contribution in [0.25, 0.3) is 0 Å². The van der Waals surface area contributed by atoms with Crippen LogP contribution in [0.3, 0.4) is 0 Å². The van der Waals surface area contributed by atoms with Crippen LogP contribution in [0.5, 0.6) is 0 Å². The number of rotatable bonds is 3. The first kappa shape index (κ1) is 12.6. The standard InChI is InChI=1S/C14H16N2O2/c1-9(2)13(6-15)16-14(17)10-3-4-11-7-18-8-12(11)5-10/h3-5,9,13H,7-8H2,1-2H3,(H,16,17). The normalized spacial score (nSPS) is 15.0. The number of nitrogens with one attached hydrogen (secondary N) is 1. The molecule has 0 fully saturated rings. The van der Waals surface area contributed by atoms with Gasteiger partial charge in [-0.2, -0.15) is 5.26 Å². The number of benzene rings is 1. The second kappa shape index (κ2) is 5.19. The van der Waals surface area contributed by atoms with E-state index in [1.165, 1.54) is 0 Å². The Kier molecular flexibility index (Phi) is 3.63. The summed E-state index contributed by atoms with van der Waals surface area (Å²) in [6.45, 7) is 4.99. The molecule has 2 rings (SSSR count). The van der Waals surface area contributed by atoms with Gasteiger partial charge in [-0.25, -0.2) is 0 Å². The van der Waals surface area contributed by atoms with Gasteiger partial charge < -0.3 is 10.1 Å². The van der Waals surface area contributed by atoms with Crippen molar-refractivity contribution < 1.29 is 9.53 Å². The highest BCUT2D eigenvalue weighted by Gasteiger charge is 2.18. The van der Waals surface area contributed by atoms with Crippen molar-refractivity contribution in [1.29, 1.82) is 5.26 Å². The molecule has 1 heterocycles. The molecule has 0 aliphatic carbocycles. The number of hydrogen-bond donors (Lipinski definition) is 1. The Labute approximate surface area is 107 Å². The van der Waals surface area contributed by atoms with Crippen LogP contribution in [0.15, 0.2) is 18.2 Å². The summed E-state index contributed by atoms with van der Waals surface area (Å²) >= 11 is 0. The number of nitriles is 1. The van der Waals surface area contributed by atoms with Gasteiger partial charge in [0.05, 0.1) is 19.3 Å². The van der Waals surface area contributed by atoms with E-state index in [0.717, 1.165) is 11.1 Å². The van der Waals surface area contributed by atoms with E-state index >= 15 is 0 Å². The van der Waals surface area contributed by atoms with Gasteiger partial charge in [-0.15, -0.1) is 0 Å². The molecule has 1 amide bonds. The Balaban J connectivity index is 2.12. The van der Waals surface area contributed by atoms with E-state index in [1.54, 1.807) is 6.07 Å². The first-order valence-corrected chi connectivity index (χ1v) is 6.02. The molecule has 0 bridgehead atoms. The summed E-state index contributed by atoms with van der Waals surface area (Å²) in [4.78, 5) is 12.0. The van der Waals surface area contributed by atoms with Crippen molar-refractivity contribution in [1.82, 2.24) is 5.32 Å². The molecule has 1 N–H and O–H groups in total. The molecule has 1 unspecified atom stereocenters. The minimum atomic E-state index is -0.456. The van der Waals surface area contributed by atoms with Crippen LogP contribution in [0.1, 0.15) is 35.3 Å². The molecule has 0 saturated carbocycles. The van der Waals surface area contributed by atoms with Crippen LogP contribution < -0.4 is 5.32 Å². The Morgan fingerprint density at radius 3 is 2.78 bits per heavy atom. The van der Waals surface area contributed by atoms with E-state index in [1.807, 2.05) is 26.0 Å². The zero-order valence-corrected chi connectivity index (χ0v) is 10.6. The second-order valence-corrected chi connectivity index (χ2v) is 4.80. The molecule has 0 radical (unpaired) electrons. The second-order valence-electron chi connectivity index (χ2n) is 4.80. The van der Waals surface area contributed by atoms with Crippen LogP contribution in [0, 0.1) is 17.2 Å². The van der Waals surface area contributed by atoms with Gasteiger partial charge >= 0.3 is 0 Å². The summed E-state index contributed by atoms with van der Waals surface area (Å²) in [6, 6.07) is 7.17. The highest BCUT2D eigenvalue weighted by Crippen LogP contribution is 2.20. The van der Waals surface area contributed by atoms with E-state index in [-0.39, 0.29) is 11.8 Å². The molecule has 0 aromatic heterocycles. The van der Waals surface area contributed by atoms with Gasteiger partial charge in [-0.3, -0.25) is 4.79 Å². The van der Waals surface area contributed by atoms with E-state index in [2.05, 4.69) is 11.4 Å². The lowest BCUT2D eigenvalue weighted by Gasteiger charge is -2.15. The molecule has 1 aliphatic heterocycles. The highest BCUT2D eigenvalue weighted by atomic mass is 16.5. The van der Waals surface area contributed by atoms with Crippen molar-refractivity contribution in [3.8, 4) is 6.07 Å². The minimum absolute atomic E-state index is 0.0942. The number of amides is 1. The Bertz CT molecular complexity index is 503. The molecule has 1 atom stereocenters. The first-order valence-electron chi connectivity index (χ1n) is 6.02. The number of ether oxygens (including phenoxy) is 1. The van der Waals surface area contributed by atoms with Crippen molar-refractivity contribution in [3.05, 3.63) is 34.9 Å². The van der Waals surface area contributed by atoms with Gasteiger partial charge in [-0.05, 0) is 29.2 Å². The Morgan fingerprint density at radius 1 is 1.39 bits per heavy atom. The van der Waals surface area contributed by atoms with Gasteiger partial charge in [0.2, 0.25) is 0 Å². The fraction of sp³-hybridized carbons (Fsp3) is 0.429. The summed E-state index contributed by atoms with van der Waals surface area (Å²) in [7, 11) is 0. The molecule has 0 spiro atoms.